The van der Waals surface area contributed by atoms with Gasteiger partial charge < -0.3 is 0 Å². The average molecular weight is 273 g/mol. The molecule has 0 spiro atoms. The third-order valence-corrected chi connectivity index (χ3v) is 3.01. The van der Waals surface area contributed by atoms with Gasteiger partial charge in [0.05, 0.1) is 21.9 Å². The van der Waals surface area contributed by atoms with Crippen molar-refractivity contribution in [3.63, 3.8) is 0 Å². The first kappa shape index (κ1) is 9.68. The van der Waals surface area contributed by atoms with E-state index >= 15 is 0 Å². The van der Waals surface area contributed by atoms with Crippen molar-refractivity contribution >= 4 is 27.5 Å². The van der Waals surface area contributed by atoms with Crippen LogP contribution in [0.3, 0.4) is 0 Å². The number of rotatable bonds is 1. The minimum absolute atomic E-state index is 0.597. The molecular formula is C9H7BrClN3. The molecule has 0 unspecified atom stereocenters. The predicted molar refractivity (Wildman–Crippen MR) is 58.8 cm³/mol. The maximum atomic E-state index is 5.78. The maximum absolute atomic E-state index is 5.78. The van der Waals surface area contributed by atoms with Gasteiger partial charge in [-0.3, -0.25) is 0 Å². The Bertz CT molecular complexity index is 467. The van der Waals surface area contributed by atoms with Crippen LogP contribution in [0.25, 0.3) is 5.82 Å². The van der Waals surface area contributed by atoms with Crippen LogP contribution in [0.4, 0.5) is 0 Å². The summed E-state index contributed by atoms with van der Waals surface area (Å²) in [6.45, 7) is 2.00. The zero-order valence-electron chi connectivity index (χ0n) is 7.41. The highest BCUT2D eigenvalue weighted by Crippen LogP contribution is 2.22. The minimum atomic E-state index is 0.597. The Morgan fingerprint density at radius 2 is 2.29 bits per heavy atom. The normalized spacial score (nSPS) is 10.5. The van der Waals surface area contributed by atoms with Gasteiger partial charge in [0.15, 0.2) is 5.82 Å². The first-order valence-electron chi connectivity index (χ1n) is 4.00. The van der Waals surface area contributed by atoms with E-state index in [-0.39, 0.29) is 0 Å². The van der Waals surface area contributed by atoms with Crippen molar-refractivity contribution in [2.45, 2.75) is 6.92 Å². The van der Waals surface area contributed by atoms with Gasteiger partial charge in [-0.15, -0.1) is 0 Å². The van der Waals surface area contributed by atoms with Gasteiger partial charge in [-0.05, 0) is 34.5 Å². The van der Waals surface area contributed by atoms with Gasteiger partial charge in [-0.2, -0.15) is 5.10 Å². The van der Waals surface area contributed by atoms with Crippen molar-refractivity contribution in [3.8, 4) is 5.82 Å². The van der Waals surface area contributed by atoms with Crippen LogP contribution >= 0.6 is 27.5 Å². The second-order valence-corrected chi connectivity index (χ2v) is 4.10. The van der Waals surface area contributed by atoms with E-state index in [9.17, 15) is 0 Å². The summed E-state index contributed by atoms with van der Waals surface area (Å²) in [6, 6.07) is 1.93. The van der Waals surface area contributed by atoms with Crippen molar-refractivity contribution in [2.24, 2.45) is 0 Å². The monoisotopic (exact) mass is 271 g/mol. The summed E-state index contributed by atoms with van der Waals surface area (Å²) < 4.78 is 2.57. The number of aryl methyl sites for hydroxylation is 1. The number of hydrogen-bond donors (Lipinski definition) is 0. The zero-order valence-corrected chi connectivity index (χ0v) is 9.75. The molecule has 0 aromatic carbocycles. The van der Waals surface area contributed by atoms with Crippen molar-refractivity contribution in [1.29, 1.82) is 0 Å². The van der Waals surface area contributed by atoms with E-state index in [4.69, 9.17) is 11.6 Å². The molecule has 0 aliphatic heterocycles. The highest BCUT2D eigenvalue weighted by molar-refractivity contribution is 9.10. The van der Waals surface area contributed by atoms with Crippen molar-refractivity contribution in [1.82, 2.24) is 14.8 Å². The van der Waals surface area contributed by atoms with Crippen LogP contribution in [0.5, 0.6) is 0 Å². The van der Waals surface area contributed by atoms with Gasteiger partial charge in [0.1, 0.15) is 0 Å². The predicted octanol–water partition coefficient (Wildman–Crippen LogP) is 2.99. The zero-order chi connectivity index (χ0) is 10.1. The smallest absolute Gasteiger partial charge is 0.167 e. The lowest BCUT2D eigenvalue weighted by Crippen LogP contribution is -1.99. The summed E-state index contributed by atoms with van der Waals surface area (Å²) >= 11 is 9.24. The fourth-order valence-electron chi connectivity index (χ4n) is 1.10. The van der Waals surface area contributed by atoms with Crippen LogP contribution < -0.4 is 0 Å². The lowest BCUT2D eigenvalue weighted by molar-refractivity contribution is 0.839. The van der Waals surface area contributed by atoms with E-state index in [1.165, 1.54) is 0 Å². The first-order chi connectivity index (χ1) is 6.68. The topological polar surface area (TPSA) is 30.7 Å². The number of nitrogens with zero attached hydrogens (tertiary/aromatic N) is 3. The van der Waals surface area contributed by atoms with Crippen LogP contribution in [0.1, 0.15) is 5.56 Å². The van der Waals surface area contributed by atoms with Gasteiger partial charge in [0.25, 0.3) is 0 Å². The fraction of sp³-hybridized carbons (Fsp3) is 0.111. The summed E-state index contributed by atoms with van der Waals surface area (Å²) in [5.74, 6) is 0.747. The Morgan fingerprint density at radius 3 is 2.93 bits per heavy atom. The first-order valence-corrected chi connectivity index (χ1v) is 5.17. The molecule has 0 amide bonds. The molecule has 2 heterocycles. The molecule has 0 aliphatic carbocycles. The lowest BCUT2D eigenvalue weighted by Gasteiger charge is -2.04. The molecule has 0 atom stereocenters. The van der Waals surface area contributed by atoms with Crippen molar-refractivity contribution in [2.75, 3.05) is 0 Å². The Balaban J connectivity index is 2.57. The average Bonchev–Trinajstić information content (AvgIpc) is 2.57. The number of pyridine rings is 1. The van der Waals surface area contributed by atoms with Crippen LogP contribution in [0.15, 0.2) is 29.1 Å². The molecule has 14 heavy (non-hydrogen) atoms. The van der Waals surface area contributed by atoms with E-state index in [0.29, 0.717) is 5.02 Å². The largest absolute Gasteiger partial charge is 0.236 e. The van der Waals surface area contributed by atoms with Crippen molar-refractivity contribution in [3.05, 3.63) is 39.7 Å². The van der Waals surface area contributed by atoms with Gasteiger partial charge in [0.2, 0.25) is 0 Å². The van der Waals surface area contributed by atoms with E-state index in [1.54, 1.807) is 23.3 Å². The van der Waals surface area contributed by atoms with Crippen LogP contribution in [-0.2, 0) is 0 Å². The Hall–Kier alpha value is -0.870. The second kappa shape index (κ2) is 3.71. The molecule has 0 saturated heterocycles. The Morgan fingerprint density at radius 1 is 1.50 bits per heavy atom. The third-order valence-electron chi connectivity index (χ3n) is 1.83. The van der Waals surface area contributed by atoms with E-state index in [2.05, 4.69) is 26.0 Å². The molecule has 0 N–H and O–H groups in total. The molecule has 0 radical (unpaired) electrons. The highest BCUT2D eigenvalue weighted by atomic mass is 79.9. The van der Waals surface area contributed by atoms with E-state index in [1.807, 2.05) is 13.0 Å². The molecule has 0 bridgehead atoms. The van der Waals surface area contributed by atoms with E-state index < -0.39 is 0 Å². The van der Waals surface area contributed by atoms with Crippen LogP contribution in [0, 0.1) is 6.92 Å². The molecule has 72 valence electrons. The molecule has 5 heteroatoms. The number of aromatic nitrogens is 3. The molecule has 2 aromatic heterocycles. The highest BCUT2D eigenvalue weighted by Gasteiger charge is 2.06. The van der Waals surface area contributed by atoms with Gasteiger partial charge in [0, 0.05) is 6.20 Å². The summed E-state index contributed by atoms with van der Waals surface area (Å²) in [7, 11) is 0. The maximum Gasteiger partial charge on any atom is 0.167 e. The second-order valence-electron chi connectivity index (χ2n) is 2.87. The minimum Gasteiger partial charge on any atom is -0.236 e. The molecular weight excluding hydrogens is 265 g/mol. The Labute approximate surface area is 94.9 Å². The third kappa shape index (κ3) is 1.67. The van der Waals surface area contributed by atoms with Crippen LogP contribution in [-0.4, -0.2) is 14.8 Å². The molecule has 0 saturated carbocycles. The number of halogens is 2. The van der Waals surface area contributed by atoms with Crippen LogP contribution in [0.2, 0.25) is 5.02 Å². The molecule has 2 aromatic rings. The molecule has 0 aliphatic rings. The summed E-state index contributed by atoms with van der Waals surface area (Å²) in [5.41, 5.74) is 1.11. The SMILES string of the molecule is Cc1ccnc(-n2cc(Cl)cn2)c1Br. The van der Waals surface area contributed by atoms with E-state index in [0.717, 1.165) is 15.9 Å². The molecule has 2 rings (SSSR count). The lowest BCUT2D eigenvalue weighted by atomic mass is 10.3. The summed E-state index contributed by atoms with van der Waals surface area (Å²) in [4.78, 5) is 4.22. The summed E-state index contributed by atoms with van der Waals surface area (Å²) in [6.07, 6.45) is 5.04. The quantitative estimate of drug-likeness (QED) is 0.799. The van der Waals surface area contributed by atoms with Crippen molar-refractivity contribution < 1.29 is 0 Å². The Kier molecular flexibility index (Phi) is 2.56. The van der Waals surface area contributed by atoms with Gasteiger partial charge >= 0.3 is 0 Å². The van der Waals surface area contributed by atoms with Gasteiger partial charge in [-0.1, -0.05) is 11.6 Å². The van der Waals surface area contributed by atoms with Gasteiger partial charge in [-0.25, -0.2) is 9.67 Å². The molecule has 0 fully saturated rings. The fourth-order valence-corrected chi connectivity index (χ4v) is 1.65. The summed E-state index contributed by atoms with van der Waals surface area (Å²) in [5, 5.41) is 4.68. The standard InChI is InChI=1S/C9H7BrClN3/c1-6-2-3-12-9(8(6)10)14-5-7(11)4-13-14/h2-5H,1H3. The molecule has 3 nitrogen and oxygen atoms in total. The number of hydrogen-bond acceptors (Lipinski definition) is 2.